The molecule has 2 aromatic rings. The second kappa shape index (κ2) is 7.31. The topological polar surface area (TPSA) is 46.1 Å². The van der Waals surface area contributed by atoms with Gasteiger partial charge in [0.2, 0.25) is 0 Å². The molecule has 0 N–H and O–H groups in total. The van der Waals surface area contributed by atoms with Gasteiger partial charge < -0.3 is 4.90 Å². The molecular weight excluding hydrogens is 330 g/mol. The smallest absolute Gasteiger partial charge is 0.255 e. The van der Waals surface area contributed by atoms with Crippen molar-refractivity contribution in [3.05, 3.63) is 58.3 Å². The number of likely N-dealkylation sites (N-methyl/N-ethyl adjacent to an activating group) is 1. The second-order valence-electron chi connectivity index (χ2n) is 4.90. The van der Waals surface area contributed by atoms with Crippen LogP contribution in [0.15, 0.2) is 47.2 Å². The Balaban J connectivity index is 2.14. The molecule has 1 amide bonds. The molecule has 0 spiro atoms. The maximum Gasteiger partial charge on any atom is 0.255 e. The third kappa shape index (κ3) is 3.88. The molecule has 0 aliphatic rings. The van der Waals surface area contributed by atoms with Crippen LogP contribution in [0.4, 0.5) is 0 Å². The van der Waals surface area contributed by atoms with Crippen molar-refractivity contribution in [2.75, 3.05) is 7.05 Å². The van der Waals surface area contributed by atoms with E-state index in [2.05, 4.69) is 39.1 Å². The second-order valence-corrected chi connectivity index (χ2v) is 5.76. The van der Waals surface area contributed by atoms with Crippen molar-refractivity contribution in [1.29, 1.82) is 0 Å². The highest BCUT2D eigenvalue weighted by Gasteiger charge is 2.21. The summed E-state index contributed by atoms with van der Waals surface area (Å²) in [5.74, 6) is -0.0243. The Kier molecular flexibility index (Phi) is 5.44. The summed E-state index contributed by atoms with van der Waals surface area (Å²) in [5, 5.41) is 7.47. The van der Waals surface area contributed by atoms with Gasteiger partial charge in [-0.3, -0.25) is 4.79 Å². The number of nitrogens with zero attached hydrogens (tertiary/aromatic N) is 3. The molecule has 5 heteroatoms. The summed E-state index contributed by atoms with van der Waals surface area (Å²) in [5.41, 5.74) is 1.77. The molecule has 110 valence electrons. The Hall–Kier alpha value is -1.75. The number of aromatic nitrogens is 2. The van der Waals surface area contributed by atoms with Crippen LogP contribution < -0.4 is 0 Å². The first kappa shape index (κ1) is 15.6. The Morgan fingerprint density at radius 1 is 1.29 bits per heavy atom. The Morgan fingerprint density at radius 2 is 2.05 bits per heavy atom. The van der Waals surface area contributed by atoms with Gasteiger partial charge in [-0.25, -0.2) is 0 Å². The fourth-order valence-electron chi connectivity index (χ4n) is 2.26. The normalized spacial score (nSPS) is 12.0. The van der Waals surface area contributed by atoms with E-state index >= 15 is 0 Å². The molecular formula is C16H18BrN3O. The third-order valence-corrected chi connectivity index (χ3v) is 4.36. The number of hydrogen-bond acceptors (Lipinski definition) is 3. The molecule has 1 heterocycles. The van der Waals surface area contributed by atoms with Gasteiger partial charge in [0.1, 0.15) is 0 Å². The number of amides is 1. The van der Waals surface area contributed by atoms with Gasteiger partial charge in [-0.1, -0.05) is 41.1 Å². The van der Waals surface area contributed by atoms with Gasteiger partial charge in [0.15, 0.2) is 0 Å². The monoisotopic (exact) mass is 347 g/mol. The van der Waals surface area contributed by atoms with Crippen LogP contribution in [0.3, 0.4) is 0 Å². The first-order valence-electron chi connectivity index (χ1n) is 6.90. The fraction of sp³-hybridized carbons (Fsp3) is 0.312. The summed E-state index contributed by atoms with van der Waals surface area (Å²) >= 11 is 3.56. The van der Waals surface area contributed by atoms with E-state index in [9.17, 15) is 4.79 Å². The van der Waals surface area contributed by atoms with Crippen LogP contribution in [-0.4, -0.2) is 34.1 Å². The third-order valence-electron chi connectivity index (χ3n) is 3.58. The summed E-state index contributed by atoms with van der Waals surface area (Å²) in [7, 11) is 1.84. The maximum atomic E-state index is 12.5. The van der Waals surface area contributed by atoms with Crippen LogP contribution in [-0.2, 0) is 6.42 Å². The summed E-state index contributed by atoms with van der Waals surface area (Å²) in [6.07, 6.45) is 4.75. The molecule has 0 aliphatic heterocycles. The minimum Gasteiger partial charge on any atom is -0.338 e. The summed E-state index contributed by atoms with van der Waals surface area (Å²) in [6.45, 7) is 2.09. The molecule has 4 nitrogen and oxygen atoms in total. The van der Waals surface area contributed by atoms with E-state index in [4.69, 9.17) is 0 Å². The number of benzene rings is 1. The van der Waals surface area contributed by atoms with Gasteiger partial charge in [0.25, 0.3) is 5.91 Å². The quantitative estimate of drug-likeness (QED) is 0.833. The van der Waals surface area contributed by atoms with E-state index in [1.807, 2.05) is 25.2 Å². The molecule has 1 aromatic heterocycles. The van der Waals surface area contributed by atoms with E-state index in [0.29, 0.717) is 5.56 Å². The predicted octanol–water partition coefficient (Wildman–Crippen LogP) is 3.33. The fourth-order valence-corrected chi connectivity index (χ4v) is 2.71. The zero-order chi connectivity index (χ0) is 15.2. The SMILES string of the molecule is CCC(Cc1ccccc1Br)N(C)C(=O)c1ccnnc1. The van der Waals surface area contributed by atoms with Crippen LogP contribution in [0.1, 0.15) is 29.3 Å². The van der Waals surface area contributed by atoms with Gasteiger partial charge in [-0.15, -0.1) is 0 Å². The van der Waals surface area contributed by atoms with Crippen molar-refractivity contribution in [1.82, 2.24) is 15.1 Å². The molecule has 1 unspecified atom stereocenters. The zero-order valence-corrected chi connectivity index (χ0v) is 13.7. The van der Waals surface area contributed by atoms with Gasteiger partial charge in [0.05, 0.1) is 18.0 Å². The molecule has 2 rings (SSSR count). The molecule has 0 aliphatic carbocycles. The van der Waals surface area contributed by atoms with Crippen LogP contribution >= 0.6 is 15.9 Å². The van der Waals surface area contributed by atoms with Crippen LogP contribution in [0.25, 0.3) is 0 Å². The molecule has 0 saturated heterocycles. The number of hydrogen-bond donors (Lipinski definition) is 0. The molecule has 1 aromatic carbocycles. The highest BCUT2D eigenvalue weighted by atomic mass is 79.9. The van der Waals surface area contributed by atoms with Crippen molar-refractivity contribution >= 4 is 21.8 Å². The maximum absolute atomic E-state index is 12.5. The van der Waals surface area contributed by atoms with E-state index in [1.54, 1.807) is 11.0 Å². The lowest BCUT2D eigenvalue weighted by atomic mass is 10.0. The van der Waals surface area contributed by atoms with Gasteiger partial charge in [-0.05, 0) is 30.5 Å². The summed E-state index contributed by atoms with van der Waals surface area (Å²) in [6, 6.07) is 9.95. The standard InChI is InChI=1S/C16H18BrN3O/c1-3-14(10-12-6-4-5-7-15(12)17)20(2)16(21)13-8-9-18-19-11-13/h4-9,11,14H,3,10H2,1-2H3. The lowest BCUT2D eigenvalue weighted by Gasteiger charge is -2.27. The molecule has 0 fully saturated rings. The number of halogens is 1. The predicted molar refractivity (Wildman–Crippen MR) is 86.1 cm³/mol. The van der Waals surface area contributed by atoms with E-state index in [0.717, 1.165) is 17.3 Å². The summed E-state index contributed by atoms with van der Waals surface area (Å²) in [4.78, 5) is 14.3. The van der Waals surface area contributed by atoms with E-state index < -0.39 is 0 Å². The first-order chi connectivity index (χ1) is 10.1. The summed E-state index contributed by atoms with van der Waals surface area (Å²) < 4.78 is 1.08. The van der Waals surface area contributed by atoms with Gasteiger partial charge in [0, 0.05) is 17.6 Å². The Bertz CT molecular complexity index is 603. The molecule has 0 radical (unpaired) electrons. The van der Waals surface area contributed by atoms with Crippen LogP contribution in [0.2, 0.25) is 0 Å². The van der Waals surface area contributed by atoms with Crippen LogP contribution in [0, 0.1) is 0 Å². The highest BCUT2D eigenvalue weighted by molar-refractivity contribution is 9.10. The zero-order valence-electron chi connectivity index (χ0n) is 12.2. The lowest BCUT2D eigenvalue weighted by Crippen LogP contribution is -2.38. The van der Waals surface area contributed by atoms with Crippen molar-refractivity contribution < 1.29 is 4.79 Å². The number of rotatable bonds is 5. The molecule has 0 saturated carbocycles. The largest absolute Gasteiger partial charge is 0.338 e. The van der Waals surface area contributed by atoms with Crippen molar-refractivity contribution in [3.63, 3.8) is 0 Å². The van der Waals surface area contributed by atoms with Crippen molar-refractivity contribution in [3.8, 4) is 0 Å². The average Bonchev–Trinajstić information content (AvgIpc) is 2.53. The highest BCUT2D eigenvalue weighted by Crippen LogP contribution is 2.20. The lowest BCUT2D eigenvalue weighted by molar-refractivity contribution is 0.0726. The van der Waals surface area contributed by atoms with Crippen molar-refractivity contribution in [2.24, 2.45) is 0 Å². The minimum atomic E-state index is -0.0243. The van der Waals surface area contributed by atoms with Crippen LogP contribution in [0.5, 0.6) is 0 Å². The van der Waals surface area contributed by atoms with Gasteiger partial charge >= 0.3 is 0 Å². The van der Waals surface area contributed by atoms with E-state index in [1.165, 1.54) is 18.0 Å². The Labute approximate surface area is 133 Å². The molecule has 0 bridgehead atoms. The first-order valence-corrected chi connectivity index (χ1v) is 7.70. The number of carbonyl (C=O) groups excluding carboxylic acids is 1. The minimum absolute atomic E-state index is 0.0243. The average molecular weight is 348 g/mol. The Morgan fingerprint density at radius 3 is 2.67 bits per heavy atom. The molecule has 21 heavy (non-hydrogen) atoms. The number of carbonyl (C=O) groups is 1. The molecule has 1 atom stereocenters. The van der Waals surface area contributed by atoms with Gasteiger partial charge in [-0.2, -0.15) is 10.2 Å². The van der Waals surface area contributed by atoms with Crippen molar-refractivity contribution in [2.45, 2.75) is 25.8 Å². The van der Waals surface area contributed by atoms with E-state index in [-0.39, 0.29) is 11.9 Å².